The third-order valence-electron chi connectivity index (χ3n) is 4.41. The van der Waals surface area contributed by atoms with Crippen LogP contribution in [0.25, 0.3) is 0 Å². The van der Waals surface area contributed by atoms with Crippen LogP contribution in [0.2, 0.25) is 0 Å². The van der Waals surface area contributed by atoms with Crippen molar-refractivity contribution in [2.75, 3.05) is 18.5 Å². The van der Waals surface area contributed by atoms with E-state index in [1.165, 1.54) is 5.56 Å². The van der Waals surface area contributed by atoms with Gasteiger partial charge in [-0.05, 0) is 49.4 Å². The quantitative estimate of drug-likeness (QED) is 0.827. The number of ether oxygens (including phenoxy) is 1. The predicted molar refractivity (Wildman–Crippen MR) is 92.0 cm³/mol. The minimum Gasteiger partial charge on any atom is -0.462 e. The van der Waals surface area contributed by atoms with Crippen LogP contribution in [0.3, 0.4) is 0 Å². The monoisotopic (exact) mass is 326 g/mol. The van der Waals surface area contributed by atoms with Gasteiger partial charge in [0.1, 0.15) is 17.0 Å². The van der Waals surface area contributed by atoms with E-state index in [4.69, 9.17) is 4.74 Å². The zero-order valence-corrected chi connectivity index (χ0v) is 13.8. The first-order chi connectivity index (χ1) is 11.6. The zero-order chi connectivity index (χ0) is 17.0. The maximum absolute atomic E-state index is 12.0. The molecule has 1 atom stereocenters. The lowest BCUT2D eigenvalue weighted by Gasteiger charge is -2.35. The number of nitrogens with one attached hydrogen (secondary N) is 1. The summed E-state index contributed by atoms with van der Waals surface area (Å²) in [6.45, 7) is 2.38. The summed E-state index contributed by atoms with van der Waals surface area (Å²) >= 11 is 0. The molecule has 1 unspecified atom stereocenters. The Morgan fingerprint density at radius 1 is 1.33 bits per heavy atom. The Balaban J connectivity index is 1.81. The SMILES string of the molecule is CCOC(=O)c1cccnc1NCC1(O)CCCc2ccccc21. The van der Waals surface area contributed by atoms with Crippen molar-refractivity contribution in [1.82, 2.24) is 4.98 Å². The molecule has 0 amide bonds. The van der Waals surface area contributed by atoms with Crippen molar-refractivity contribution < 1.29 is 14.6 Å². The van der Waals surface area contributed by atoms with Crippen LogP contribution in [-0.4, -0.2) is 29.2 Å². The van der Waals surface area contributed by atoms with Gasteiger partial charge < -0.3 is 15.2 Å². The molecule has 0 saturated heterocycles. The molecule has 1 aromatic carbocycles. The molecule has 0 fully saturated rings. The number of carbonyl (C=O) groups is 1. The van der Waals surface area contributed by atoms with Gasteiger partial charge in [-0.1, -0.05) is 24.3 Å². The van der Waals surface area contributed by atoms with Crippen LogP contribution in [-0.2, 0) is 16.8 Å². The molecule has 1 heterocycles. The molecule has 0 radical (unpaired) electrons. The van der Waals surface area contributed by atoms with Crippen LogP contribution in [0.1, 0.15) is 41.3 Å². The minimum atomic E-state index is -0.960. The number of aliphatic hydroxyl groups is 1. The second kappa shape index (κ2) is 7.01. The molecule has 5 heteroatoms. The predicted octanol–water partition coefficient (Wildman–Crippen LogP) is 2.89. The average Bonchev–Trinajstić information content (AvgIpc) is 2.61. The van der Waals surface area contributed by atoms with Gasteiger partial charge in [-0.25, -0.2) is 9.78 Å². The molecule has 0 saturated carbocycles. The highest BCUT2D eigenvalue weighted by molar-refractivity contribution is 5.94. The molecular formula is C19H22N2O3. The maximum Gasteiger partial charge on any atom is 0.341 e. The number of hydrogen-bond donors (Lipinski definition) is 2. The minimum absolute atomic E-state index is 0.299. The van der Waals surface area contributed by atoms with Crippen molar-refractivity contribution in [2.24, 2.45) is 0 Å². The molecule has 2 aromatic rings. The summed E-state index contributed by atoms with van der Waals surface area (Å²) in [7, 11) is 0. The highest BCUT2D eigenvalue weighted by atomic mass is 16.5. The summed E-state index contributed by atoms with van der Waals surface area (Å²) in [5, 5.41) is 14.3. The molecule has 0 bridgehead atoms. The van der Waals surface area contributed by atoms with Crippen molar-refractivity contribution in [3.63, 3.8) is 0 Å². The summed E-state index contributed by atoms with van der Waals surface area (Å²) < 4.78 is 5.06. The summed E-state index contributed by atoms with van der Waals surface area (Å²) in [5.74, 6) is 0.0246. The number of anilines is 1. The van der Waals surface area contributed by atoms with Crippen molar-refractivity contribution >= 4 is 11.8 Å². The van der Waals surface area contributed by atoms with Crippen LogP contribution >= 0.6 is 0 Å². The van der Waals surface area contributed by atoms with Crippen LogP contribution in [0, 0.1) is 0 Å². The van der Waals surface area contributed by atoms with Gasteiger partial charge in [-0.15, -0.1) is 0 Å². The van der Waals surface area contributed by atoms with E-state index in [1.54, 1.807) is 25.3 Å². The number of rotatable bonds is 5. The lowest BCUT2D eigenvalue weighted by molar-refractivity contribution is 0.0320. The number of esters is 1. The molecule has 1 aromatic heterocycles. The van der Waals surface area contributed by atoms with E-state index < -0.39 is 11.6 Å². The fourth-order valence-electron chi connectivity index (χ4n) is 3.23. The van der Waals surface area contributed by atoms with E-state index in [2.05, 4.69) is 16.4 Å². The molecule has 126 valence electrons. The van der Waals surface area contributed by atoms with E-state index in [1.807, 2.05) is 18.2 Å². The summed E-state index contributed by atoms with van der Waals surface area (Å²) in [6, 6.07) is 11.3. The molecule has 0 aliphatic heterocycles. The normalized spacial score (nSPS) is 19.4. The number of pyridine rings is 1. The number of nitrogens with zero attached hydrogens (tertiary/aromatic N) is 1. The largest absolute Gasteiger partial charge is 0.462 e. The Bertz CT molecular complexity index is 732. The standard InChI is InChI=1S/C19H22N2O3/c1-2-24-18(22)15-9-6-12-20-17(15)21-13-19(23)11-5-8-14-7-3-4-10-16(14)19/h3-4,6-7,9-10,12,23H,2,5,8,11,13H2,1H3,(H,20,21). The number of hydrogen-bond acceptors (Lipinski definition) is 5. The average molecular weight is 326 g/mol. The smallest absolute Gasteiger partial charge is 0.341 e. The van der Waals surface area contributed by atoms with Crippen molar-refractivity contribution in [1.29, 1.82) is 0 Å². The summed E-state index contributed by atoms with van der Waals surface area (Å²) in [5.41, 5.74) is 1.56. The Morgan fingerprint density at radius 2 is 2.17 bits per heavy atom. The van der Waals surface area contributed by atoms with Crippen LogP contribution in [0.4, 0.5) is 5.82 Å². The van der Waals surface area contributed by atoms with Gasteiger partial charge in [0.25, 0.3) is 0 Å². The number of carbonyl (C=O) groups excluding carboxylic acids is 1. The molecule has 5 nitrogen and oxygen atoms in total. The Hall–Kier alpha value is -2.40. The van der Waals surface area contributed by atoms with E-state index >= 15 is 0 Å². The van der Waals surface area contributed by atoms with Gasteiger partial charge in [0, 0.05) is 12.7 Å². The van der Waals surface area contributed by atoms with E-state index in [-0.39, 0.29) is 0 Å². The Morgan fingerprint density at radius 3 is 3.00 bits per heavy atom. The molecule has 1 aliphatic carbocycles. The molecular weight excluding hydrogens is 304 g/mol. The van der Waals surface area contributed by atoms with Crippen molar-refractivity contribution in [3.8, 4) is 0 Å². The van der Waals surface area contributed by atoms with E-state index in [0.29, 0.717) is 31.0 Å². The van der Waals surface area contributed by atoms with E-state index in [0.717, 1.165) is 18.4 Å². The Kier molecular flexibility index (Phi) is 4.81. The summed E-state index contributed by atoms with van der Waals surface area (Å²) in [4.78, 5) is 16.3. The maximum atomic E-state index is 12.0. The van der Waals surface area contributed by atoms with Gasteiger partial charge in [0.15, 0.2) is 0 Å². The lowest BCUT2D eigenvalue weighted by atomic mass is 9.79. The second-order valence-electron chi connectivity index (χ2n) is 6.02. The highest BCUT2D eigenvalue weighted by Gasteiger charge is 2.34. The number of aromatic nitrogens is 1. The fourth-order valence-corrected chi connectivity index (χ4v) is 3.23. The Labute approximate surface area is 141 Å². The highest BCUT2D eigenvalue weighted by Crippen LogP contribution is 2.35. The van der Waals surface area contributed by atoms with Gasteiger partial charge in [0.2, 0.25) is 0 Å². The molecule has 2 N–H and O–H groups in total. The van der Waals surface area contributed by atoms with Gasteiger partial charge in [-0.2, -0.15) is 0 Å². The lowest BCUT2D eigenvalue weighted by Crippen LogP contribution is -2.38. The van der Waals surface area contributed by atoms with E-state index in [9.17, 15) is 9.90 Å². The zero-order valence-electron chi connectivity index (χ0n) is 13.8. The van der Waals surface area contributed by atoms with Gasteiger partial charge in [0.05, 0.1) is 6.61 Å². The number of fused-ring (bicyclic) bond motifs is 1. The van der Waals surface area contributed by atoms with Crippen LogP contribution in [0.15, 0.2) is 42.6 Å². The van der Waals surface area contributed by atoms with Gasteiger partial charge >= 0.3 is 5.97 Å². The first-order valence-corrected chi connectivity index (χ1v) is 8.31. The van der Waals surface area contributed by atoms with Crippen LogP contribution in [0.5, 0.6) is 0 Å². The number of aryl methyl sites for hydroxylation is 1. The first kappa shape index (κ1) is 16.5. The van der Waals surface area contributed by atoms with Crippen molar-refractivity contribution in [3.05, 3.63) is 59.3 Å². The molecule has 3 rings (SSSR count). The number of benzene rings is 1. The van der Waals surface area contributed by atoms with Gasteiger partial charge in [-0.3, -0.25) is 0 Å². The van der Waals surface area contributed by atoms with Crippen LogP contribution < -0.4 is 5.32 Å². The molecule has 1 aliphatic rings. The second-order valence-corrected chi connectivity index (χ2v) is 6.02. The fraction of sp³-hybridized carbons (Fsp3) is 0.368. The third kappa shape index (κ3) is 3.26. The topological polar surface area (TPSA) is 71.5 Å². The molecule has 0 spiro atoms. The van der Waals surface area contributed by atoms with Crippen molar-refractivity contribution in [2.45, 2.75) is 31.8 Å². The summed E-state index contributed by atoms with van der Waals surface area (Å²) in [6.07, 6.45) is 4.21. The third-order valence-corrected chi connectivity index (χ3v) is 4.41. The first-order valence-electron chi connectivity index (χ1n) is 8.31. The molecule has 24 heavy (non-hydrogen) atoms.